The molecule has 2 aromatic carbocycles. The SMILES string of the molecule is CCCCCCCCCCN(CC)c1c2c(c(N(CC)CCCCCCCCCC)c(N(CC)CCCCCCCCCC)c1N(CC)CCCCCCCCCC)-c1ccccc1C2. The molecule has 0 aliphatic heterocycles. The molecule has 0 N–H and O–H groups in total. The van der Waals surface area contributed by atoms with E-state index in [1.54, 1.807) is 33.9 Å². The summed E-state index contributed by atoms with van der Waals surface area (Å²) in [4.78, 5) is 11.6. The van der Waals surface area contributed by atoms with Crippen LogP contribution >= 0.6 is 0 Å². The van der Waals surface area contributed by atoms with E-state index in [0.29, 0.717) is 0 Å². The Morgan fingerprint density at radius 2 is 0.585 bits per heavy atom. The Kier molecular flexibility index (Phi) is 32.1. The molecule has 374 valence electrons. The smallest absolute Gasteiger partial charge is 0.0869 e. The normalized spacial score (nSPS) is 11.9. The van der Waals surface area contributed by atoms with Gasteiger partial charge in [-0.15, -0.1) is 0 Å². The summed E-state index contributed by atoms with van der Waals surface area (Å²) in [6.45, 7) is 28.1. The summed E-state index contributed by atoms with van der Waals surface area (Å²) in [6, 6.07) is 9.59. The van der Waals surface area contributed by atoms with Crippen LogP contribution in [0.1, 0.15) is 272 Å². The molecule has 0 bridgehead atoms. The fourth-order valence-electron chi connectivity index (χ4n) is 11.0. The first-order valence-corrected chi connectivity index (χ1v) is 29.4. The lowest BCUT2D eigenvalue weighted by molar-refractivity contribution is 0.568. The molecule has 0 aromatic heterocycles. The van der Waals surface area contributed by atoms with Gasteiger partial charge in [0.25, 0.3) is 0 Å². The van der Waals surface area contributed by atoms with Gasteiger partial charge in [0, 0.05) is 64.3 Å². The molecular formula is C61H110N4. The molecule has 0 heterocycles. The highest BCUT2D eigenvalue weighted by Crippen LogP contribution is 2.57. The average Bonchev–Trinajstić information content (AvgIpc) is 3.71. The highest BCUT2D eigenvalue weighted by atomic mass is 15.3. The van der Waals surface area contributed by atoms with E-state index in [1.807, 2.05) is 0 Å². The van der Waals surface area contributed by atoms with Gasteiger partial charge in [-0.2, -0.15) is 0 Å². The van der Waals surface area contributed by atoms with E-state index in [1.165, 1.54) is 217 Å². The maximum Gasteiger partial charge on any atom is 0.0869 e. The Morgan fingerprint density at radius 1 is 0.308 bits per heavy atom. The minimum atomic E-state index is 1.06. The summed E-state index contributed by atoms with van der Waals surface area (Å²) in [6.07, 6.45) is 44.9. The standard InChI is InChI=1S/C61H110N4/c1-9-17-21-25-29-33-37-43-49-62(13-5)58-56-53-54-47-41-42-48-55(54)57(56)59(63(14-6)50-44-38-34-30-26-22-18-10-2)61(65(16-8)52-46-40-36-32-28-24-20-12-4)60(58)64(15-7)51-45-39-35-31-27-23-19-11-3/h41-42,47-48H,9-40,43-46,49-53H2,1-8H3. The second-order valence-corrected chi connectivity index (χ2v) is 20.3. The van der Waals surface area contributed by atoms with E-state index in [2.05, 4.69) is 99.3 Å². The summed E-state index contributed by atoms with van der Waals surface area (Å²) in [7, 11) is 0. The average molecular weight is 900 g/mol. The van der Waals surface area contributed by atoms with Crippen molar-refractivity contribution in [3.63, 3.8) is 0 Å². The van der Waals surface area contributed by atoms with E-state index in [4.69, 9.17) is 0 Å². The van der Waals surface area contributed by atoms with E-state index >= 15 is 0 Å². The van der Waals surface area contributed by atoms with Crippen LogP contribution in [0.5, 0.6) is 0 Å². The zero-order valence-corrected chi connectivity index (χ0v) is 45.1. The summed E-state index contributed by atoms with van der Waals surface area (Å²) in [5, 5.41) is 0. The van der Waals surface area contributed by atoms with Gasteiger partial charge in [-0.1, -0.05) is 232 Å². The highest BCUT2D eigenvalue weighted by molar-refractivity contribution is 6.06. The van der Waals surface area contributed by atoms with Crippen LogP contribution in [-0.2, 0) is 6.42 Å². The summed E-state index contributed by atoms with van der Waals surface area (Å²) in [5.41, 5.74) is 12.6. The molecule has 4 heteroatoms. The fraction of sp³-hybridized carbons (Fsp3) is 0.803. The number of rotatable bonds is 44. The van der Waals surface area contributed by atoms with Gasteiger partial charge in [-0.25, -0.2) is 0 Å². The maximum atomic E-state index is 2.91. The topological polar surface area (TPSA) is 13.0 Å². The van der Waals surface area contributed by atoms with Crippen molar-refractivity contribution < 1.29 is 0 Å². The van der Waals surface area contributed by atoms with Crippen molar-refractivity contribution in [1.82, 2.24) is 0 Å². The lowest BCUT2D eigenvalue weighted by atomic mass is 9.94. The summed E-state index contributed by atoms with van der Waals surface area (Å²) in [5.74, 6) is 0. The van der Waals surface area contributed by atoms with Gasteiger partial charge < -0.3 is 19.6 Å². The number of fused-ring (bicyclic) bond motifs is 3. The third-order valence-corrected chi connectivity index (χ3v) is 15.1. The zero-order chi connectivity index (χ0) is 46.7. The van der Waals surface area contributed by atoms with Gasteiger partial charge >= 0.3 is 0 Å². The number of hydrogen-bond donors (Lipinski definition) is 0. The molecule has 0 saturated carbocycles. The Labute approximate surface area is 406 Å². The molecule has 0 fully saturated rings. The second kappa shape index (κ2) is 36.7. The maximum absolute atomic E-state index is 2.91. The van der Waals surface area contributed by atoms with E-state index in [9.17, 15) is 0 Å². The molecule has 4 nitrogen and oxygen atoms in total. The van der Waals surface area contributed by atoms with Crippen molar-refractivity contribution in [2.45, 2.75) is 267 Å². The molecule has 0 saturated heterocycles. The number of hydrogen-bond acceptors (Lipinski definition) is 4. The predicted molar refractivity (Wildman–Crippen MR) is 297 cm³/mol. The van der Waals surface area contributed by atoms with Gasteiger partial charge in [0.15, 0.2) is 0 Å². The van der Waals surface area contributed by atoms with Gasteiger partial charge in [0.1, 0.15) is 0 Å². The molecule has 0 spiro atoms. The van der Waals surface area contributed by atoms with E-state index < -0.39 is 0 Å². The van der Waals surface area contributed by atoms with Crippen molar-refractivity contribution in [2.24, 2.45) is 0 Å². The second-order valence-electron chi connectivity index (χ2n) is 20.3. The molecule has 0 unspecified atom stereocenters. The quantitative estimate of drug-likeness (QED) is 0.0524. The van der Waals surface area contributed by atoms with Crippen LogP contribution in [0.4, 0.5) is 22.7 Å². The third kappa shape index (κ3) is 20.0. The van der Waals surface area contributed by atoms with Gasteiger partial charge in [0.2, 0.25) is 0 Å². The molecule has 0 atom stereocenters. The Hall–Kier alpha value is -2.36. The van der Waals surface area contributed by atoms with Crippen molar-refractivity contribution >= 4 is 22.7 Å². The van der Waals surface area contributed by atoms with Crippen LogP contribution in [0.15, 0.2) is 24.3 Å². The van der Waals surface area contributed by atoms with Gasteiger partial charge in [0.05, 0.1) is 22.7 Å². The summed E-state index contributed by atoms with van der Waals surface area (Å²) >= 11 is 0. The van der Waals surface area contributed by atoms with Gasteiger partial charge in [-0.3, -0.25) is 0 Å². The largest absolute Gasteiger partial charge is 0.370 e. The number of benzene rings is 2. The molecule has 3 rings (SSSR count). The van der Waals surface area contributed by atoms with E-state index in [-0.39, 0.29) is 0 Å². The zero-order valence-electron chi connectivity index (χ0n) is 45.1. The number of nitrogens with zero attached hydrogens (tertiary/aromatic N) is 4. The number of unbranched alkanes of at least 4 members (excludes halogenated alkanes) is 28. The van der Waals surface area contributed by atoms with Gasteiger partial charge in [-0.05, 0) is 70.1 Å². The number of anilines is 4. The molecule has 1 aliphatic carbocycles. The molecular weight excluding hydrogens is 789 g/mol. The van der Waals surface area contributed by atoms with Crippen LogP contribution < -0.4 is 19.6 Å². The molecule has 0 amide bonds. The first-order valence-electron chi connectivity index (χ1n) is 29.4. The van der Waals surface area contributed by atoms with Crippen molar-refractivity contribution in [1.29, 1.82) is 0 Å². The monoisotopic (exact) mass is 899 g/mol. The van der Waals surface area contributed by atoms with Crippen LogP contribution in [0.3, 0.4) is 0 Å². The minimum Gasteiger partial charge on any atom is -0.370 e. The van der Waals surface area contributed by atoms with Crippen LogP contribution in [0.25, 0.3) is 11.1 Å². The van der Waals surface area contributed by atoms with Crippen molar-refractivity contribution in [2.75, 3.05) is 72.0 Å². The Morgan fingerprint density at radius 3 is 0.923 bits per heavy atom. The van der Waals surface area contributed by atoms with Crippen LogP contribution in [0, 0.1) is 0 Å². The molecule has 2 aromatic rings. The van der Waals surface area contributed by atoms with Crippen LogP contribution in [-0.4, -0.2) is 52.4 Å². The Bertz CT molecular complexity index is 1450. The molecule has 1 aliphatic rings. The third-order valence-electron chi connectivity index (χ3n) is 15.1. The van der Waals surface area contributed by atoms with Crippen LogP contribution in [0.2, 0.25) is 0 Å². The molecule has 0 radical (unpaired) electrons. The lowest BCUT2D eigenvalue weighted by Gasteiger charge is -2.42. The Balaban J connectivity index is 2.19. The fourth-order valence-corrected chi connectivity index (χ4v) is 11.0. The lowest BCUT2D eigenvalue weighted by Crippen LogP contribution is -2.36. The van der Waals surface area contributed by atoms with E-state index in [0.717, 1.165) is 58.8 Å². The van der Waals surface area contributed by atoms with Crippen molar-refractivity contribution in [3.8, 4) is 11.1 Å². The predicted octanol–water partition coefficient (Wildman–Crippen LogP) is 19.1. The first-order chi connectivity index (χ1) is 32.1. The van der Waals surface area contributed by atoms with Crippen molar-refractivity contribution in [3.05, 3.63) is 35.4 Å². The first kappa shape index (κ1) is 57.0. The minimum absolute atomic E-state index is 1.06. The summed E-state index contributed by atoms with van der Waals surface area (Å²) < 4.78 is 0. The molecule has 65 heavy (non-hydrogen) atoms. The highest BCUT2D eigenvalue weighted by Gasteiger charge is 2.36.